The molecule has 1 saturated carbocycles. The van der Waals surface area contributed by atoms with Crippen molar-refractivity contribution in [2.75, 3.05) is 25.5 Å². The maximum atomic E-state index is 13.0. The van der Waals surface area contributed by atoms with Crippen LogP contribution in [0.3, 0.4) is 0 Å². The number of urea groups is 1. The highest BCUT2D eigenvalue weighted by Gasteiger charge is 2.50. The number of likely N-dealkylation sites (N-methyl/N-ethyl adjacent to an activating group) is 1. The normalized spacial score (nSPS) is 18.3. The Hall–Kier alpha value is -2.90. The fourth-order valence-corrected chi connectivity index (χ4v) is 4.37. The number of nitrogens with zero attached hydrogens (tertiary/aromatic N) is 2. The minimum atomic E-state index is -0.877. The lowest BCUT2D eigenvalue weighted by molar-refractivity contribution is -0.139. The number of para-hydroxylation sites is 1. The molecular weight excluding hydrogens is 396 g/mol. The molecule has 1 heterocycles. The second kappa shape index (κ2) is 9.94. The molecule has 8 nitrogen and oxygen atoms in total. The number of imide groups is 1. The molecule has 1 saturated heterocycles. The van der Waals surface area contributed by atoms with Crippen molar-refractivity contribution in [1.29, 1.82) is 0 Å². The molecule has 1 aromatic carbocycles. The number of anilines is 1. The fraction of sp³-hybridized carbons (Fsp3) is 0.565. The zero-order valence-corrected chi connectivity index (χ0v) is 18.4. The van der Waals surface area contributed by atoms with Gasteiger partial charge >= 0.3 is 6.03 Å². The van der Waals surface area contributed by atoms with E-state index in [4.69, 9.17) is 0 Å². The van der Waals surface area contributed by atoms with Gasteiger partial charge in [0, 0.05) is 12.7 Å². The van der Waals surface area contributed by atoms with Crippen LogP contribution < -0.4 is 10.6 Å². The molecule has 1 aliphatic carbocycles. The van der Waals surface area contributed by atoms with Gasteiger partial charge in [-0.2, -0.15) is 0 Å². The summed E-state index contributed by atoms with van der Waals surface area (Å²) in [5, 5.41) is 5.68. The second-order valence-corrected chi connectivity index (χ2v) is 8.48. The summed E-state index contributed by atoms with van der Waals surface area (Å²) in [6.07, 6.45) is 7.00. The third-order valence-electron chi connectivity index (χ3n) is 6.23. The minimum absolute atomic E-state index is 0.161. The van der Waals surface area contributed by atoms with Crippen molar-refractivity contribution < 1.29 is 19.2 Å². The Morgan fingerprint density at radius 2 is 1.74 bits per heavy atom. The molecule has 2 aliphatic rings. The quantitative estimate of drug-likeness (QED) is 0.681. The van der Waals surface area contributed by atoms with Crippen LogP contribution in [0.25, 0.3) is 0 Å². The molecule has 5 amide bonds. The number of rotatable bonds is 6. The molecule has 1 aliphatic heterocycles. The molecule has 168 valence electrons. The van der Waals surface area contributed by atoms with Crippen molar-refractivity contribution in [3.63, 3.8) is 0 Å². The number of hydrogen-bond acceptors (Lipinski definition) is 4. The standard InChI is InChI=1S/C23H32N4O4/c1-3-17-11-7-8-12-18(17)24-19(28)15-26(2)20(29)16-27-21(30)23(25-22(27)31)13-9-5-4-6-10-14-23/h7-8,11-12H,3-6,9-10,13-16H2,1-2H3,(H,24,28)(H,25,31). The van der Waals surface area contributed by atoms with Gasteiger partial charge in [-0.05, 0) is 30.9 Å². The average Bonchev–Trinajstić information content (AvgIpc) is 2.96. The van der Waals surface area contributed by atoms with Gasteiger partial charge in [-0.15, -0.1) is 0 Å². The Labute approximate surface area is 183 Å². The Balaban J connectivity index is 1.58. The highest BCUT2D eigenvalue weighted by Crippen LogP contribution is 2.32. The lowest BCUT2D eigenvalue weighted by Gasteiger charge is -2.28. The number of aryl methyl sites for hydroxylation is 1. The maximum Gasteiger partial charge on any atom is 0.325 e. The Morgan fingerprint density at radius 1 is 1.10 bits per heavy atom. The van der Waals surface area contributed by atoms with Gasteiger partial charge in [0.25, 0.3) is 5.91 Å². The van der Waals surface area contributed by atoms with Gasteiger partial charge in [0.1, 0.15) is 12.1 Å². The molecule has 0 bridgehead atoms. The molecule has 0 atom stereocenters. The van der Waals surface area contributed by atoms with Crippen LogP contribution in [-0.2, 0) is 20.8 Å². The van der Waals surface area contributed by atoms with E-state index in [1.807, 2.05) is 31.2 Å². The van der Waals surface area contributed by atoms with Gasteiger partial charge in [0.2, 0.25) is 11.8 Å². The topological polar surface area (TPSA) is 98.8 Å². The van der Waals surface area contributed by atoms with E-state index >= 15 is 0 Å². The van der Waals surface area contributed by atoms with Crippen LogP contribution in [0.1, 0.15) is 57.4 Å². The zero-order chi connectivity index (χ0) is 22.4. The summed E-state index contributed by atoms with van der Waals surface area (Å²) >= 11 is 0. The van der Waals surface area contributed by atoms with Crippen molar-refractivity contribution >= 4 is 29.4 Å². The van der Waals surface area contributed by atoms with Crippen molar-refractivity contribution in [3.05, 3.63) is 29.8 Å². The van der Waals surface area contributed by atoms with E-state index in [9.17, 15) is 19.2 Å². The molecule has 1 spiro atoms. The van der Waals surface area contributed by atoms with Gasteiger partial charge in [-0.3, -0.25) is 19.3 Å². The molecule has 3 rings (SSSR count). The summed E-state index contributed by atoms with van der Waals surface area (Å²) < 4.78 is 0. The molecule has 0 aromatic heterocycles. The summed E-state index contributed by atoms with van der Waals surface area (Å²) in [7, 11) is 1.50. The van der Waals surface area contributed by atoms with Crippen molar-refractivity contribution in [3.8, 4) is 0 Å². The van der Waals surface area contributed by atoms with E-state index < -0.39 is 17.5 Å². The smallest absolute Gasteiger partial charge is 0.325 e. The predicted molar refractivity (Wildman–Crippen MR) is 117 cm³/mol. The lowest BCUT2D eigenvalue weighted by Crippen LogP contribution is -2.48. The first kappa shape index (κ1) is 22.8. The Morgan fingerprint density at radius 3 is 2.42 bits per heavy atom. The Kier molecular flexibility index (Phi) is 7.30. The monoisotopic (exact) mass is 428 g/mol. The van der Waals surface area contributed by atoms with Gasteiger partial charge in [-0.1, -0.05) is 57.2 Å². The van der Waals surface area contributed by atoms with Crippen LogP contribution in [-0.4, -0.2) is 59.2 Å². The van der Waals surface area contributed by atoms with E-state index in [0.717, 1.165) is 54.7 Å². The van der Waals surface area contributed by atoms with Crippen LogP contribution in [0.2, 0.25) is 0 Å². The largest absolute Gasteiger partial charge is 0.335 e. The number of nitrogens with one attached hydrogen (secondary N) is 2. The Bertz CT molecular complexity index is 846. The van der Waals surface area contributed by atoms with Gasteiger partial charge in [0.15, 0.2) is 0 Å². The predicted octanol–water partition coefficient (Wildman–Crippen LogP) is 2.68. The van der Waals surface area contributed by atoms with Crippen molar-refractivity contribution in [1.82, 2.24) is 15.1 Å². The first-order valence-corrected chi connectivity index (χ1v) is 11.1. The van der Waals surface area contributed by atoms with Crippen LogP contribution in [0.4, 0.5) is 10.5 Å². The van der Waals surface area contributed by atoms with Crippen molar-refractivity contribution in [2.45, 2.75) is 63.8 Å². The van der Waals surface area contributed by atoms with Crippen molar-refractivity contribution in [2.24, 2.45) is 0 Å². The van der Waals surface area contributed by atoms with Gasteiger partial charge < -0.3 is 15.5 Å². The summed E-state index contributed by atoms with van der Waals surface area (Å²) in [5.41, 5.74) is 0.849. The molecule has 1 aromatic rings. The molecule has 0 radical (unpaired) electrons. The number of carbonyl (C=O) groups excluding carboxylic acids is 4. The van der Waals surface area contributed by atoms with E-state index in [-0.39, 0.29) is 24.9 Å². The molecule has 2 fully saturated rings. The highest BCUT2D eigenvalue weighted by atomic mass is 16.2. The minimum Gasteiger partial charge on any atom is -0.335 e. The number of amides is 5. The molecular formula is C23H32N4O4. The van der Waals surface area contributed by atoms with E-state index in [1.165, 1.54) is 11.9 Å². The maximum absolute atomic E-state index is 13.0. The SMILES string of the molecule is CCc1ccccc1NC(=O)CN(C)C(=O)CN1C(=O)NC2(CCCCCCC2)C1=O. The number of carbonyl (C=O) groups is 4. The summed E-state index contributed by atoms with van der Waals surface area (Å²) in [5.74, 6) is -1.10. The third-order valence-corrected chi connectivity index (χ3v) is 6.23. The van der Waals surface area contributed by atoms with E-state index in [0.29, 0.717) is 12.8 Å². The fourth-order valence-electron chi connectivity index (χ4n) is 4.37. The van der Waals surface area contributed by atoms with Crippen LogP contribution >= 0.6 is 0 Å². The van der Waals surface area contributed by atoms with Crippen LogP contribution in [0, 0.1) is 0 Å². The van der Waals surface area contributed by atoms with E-state index in [2.05, 4.69) is 10.6 Å². The second-order valence-electron chi connectivity index (χ2n) is 8.48. The average molecular weight is 429 g/mol. The summed E-state index contributed by atoms with van der Waals surface area (Å²) in [4.78, 5) is 52.9. The first-order valence-electron chi connectivity index (χ1n) is 11.1. The van der Waals surface area contributed by atoms with E-state index in [1.54, 1.807) is 0 Å². The summed E-state index contributed by atoms with van der Waals surface area (Å²) in [6, 6.07) is 6.99. The third kappa shape index (κ3) is 5.24. The molecule has 2 N–H and O–H groups in total. The summed E-state index contributed by atoms with van der Waals surface area (Å²) in [6.45, 7) is 1.48. The molecule has 31 heavy (non-hydrogen) atoms. The highest BCUT2D eigenvalue weighted by molar-refractivity contribution is 6.09. The number of benzene rings is 1. The first-order chi connectivity index (χ1) is 14.9. The molecule has 8 heteroatoms. The lowest BCUT2D eigenvalue weighted by atomic mass is 9.84. The van der Waals surface area contributed by atoms with Gasteiger partial charge in [0.05, 0.1) is 6.54 Å². The van der Waals surface area contributed by atoms with Crippen LogP contribution in [0.15, 0.2) is 24.3 Å². The zero-order valence-electron chi connectivity index (χ0n) is 18.4. The van der Waals surface area contributed by atoms with Gasteiger partial charge in [-0.25, -0.2) is 4.79 Å². The number of hydrogen-bond donors (Lipinski definition) is 2. The molecule has 0 unspecified atom stereocenters. The van der Waals surface area contributed by atoms with Crippen LogP contribution in [0.5, 0.6) is 0 Å².